The number of carbonyl (C=O) groups excluding carboxylic acids is 1. The number of methoxy groups -OCH3 is 1. The fraction of sp³-hybridized carbons (Fsp3) is 0.250. The first-order chi connectivity index (χ1) is 7.61. The van der Waals surface area contributed by atoms with Crippen molar-refractivity contribution in [3.63, 3.8) is 0 Å². The van der Waals surface area contributed by atoms with Gasteiger partial charge in [-0.2, -0.15) is 0 Å². The van der Waals surface area contributed by atoms with Gasteiger partial charge in [0.2, 0.25) is 0 Å². The van der Waals surface area contributed by atoms with E-state index in [2.05, 4.69) is 0 Å². The zero-order valence-corrected chi connectivity index (χ0v) is 9.40. The van der Waals surface area contributed by atoms with E-state index in [0.29, 0.717) is 5.70 Å². The highest BCUT2D eigenvalue weighted by atomic mass is 16.5. The summed E-state index contributed by atoms with van der Waals surface area (Å²) in [5, 5.41) is 0. The Labute approximate surface area is 94.7 Å². The smallest absolute Gasteiger partial charge is 0.332 e. The van der Waals surface area contributed by atoms with Gasteiger partial charge in [0.25, 0.3) is 0 Å². The molecule has 0 atom stereocenters. The molecule has 0 saturated heterocycles. The lowest BCUT2D eigenvalue weighted by Gasteiger charge is -2.04. The van der Waals surface area contributed by atoms with E-state index in [1.54, 1.807) is 14.0 Å². The summed E-state index contributed by atoms with van der Waals surface area (Å²) in [5.74, 6) is 0.337. The predicted octanol–water partition coefficient (Wildman–Crippen LogP) is 1.60. The van der Waals surface area contributed by atoms with Crippen molar-refractivity contribution in [2.75, 3.05) is 7.11 Å². The molecule has 86 valence electrons. The number of esters is 1. The summed E-state index contributed by atoms with van der Waals surface area (Å²) >= 11 is 0. The van der Waals surface area contributed by atoms with E-state index in [4.69, 9.17) is 15.2 Å². The Balaban J connectivity index is 2.48. The van der Waals surface area contributed by atoms with Gasteiger partial charge in [0.15, 0.2) is 0 Å². The molecule has 0 spiro atoms. The van der Waals surface area contributed by atoms with Crippen LogP contribution < -0.4 is 10.5 Å². The lowest BCUT2D eigenvalue weighted by Crippen LogP contribution is -2.04. The highest BCUT2D eigenvalue weighted by Gasteiger charge is 2.00. The molecule has 1 rings (SSSR count). The second-order valence-corrected chi connectivity index (χ2v) is 3.34. The quantitative estimate of drug-likeness (QED) is 0.619. The van der Waals surface area contributed by atoms with Crippen LogP contribution in [0.1, 0.15) is 12.5 Å². The summed E-state index contributed by atoms with van der Waals surface area (Å²) in [7, 11) is 1.60. The van der Waals surface area contributed by atoms with Gasteiger partial charge in [0.05, 0.1) is 7.11 Å². The van der Waals surface area contributed by atoms with Gasteiger partial charge in [-0.1, -0.05) is 12.1 Å². The van der Waals surface area contributed by atoms with E-state index in [9.17, 15) is 4.79 Å². The standard InChI is InChI=1S/C12H15NO3/c1-9(13)7-12(14)16-8-10-3-5-11(15-2)6-4-10/h3-7H,8,13H2,1-2H3/b9-7-. The minimum atomic E-state index is -0.434. The third-order valence-corrected chi connectivity index (χ3v) is 1.89. The highest BCUT2D eigenvalue weighted by Crippen LogP contribution is 2.11. The number of hydrogen-bond donors (Lipinski definition) is 1. The molecule has 0 aliphatic rings. The molecule has 0 radical (unpaired) electrons. The molecular weight excluding hydrogens is 206 g/mol. The number of rotatable bonds is 4. The van der Waals surface area contributed by atoms with Crippen LogP contribution in [0.5, 0.6) is 5.75 Å². The van der Waals surface area contributed by atoms with Crippen LogP contribution in [0.2, 0.25) is 0 Å². The minimum Gasteiger partial charge on any atom is -0.497 e. The van der Waals surface area contributed by atoms with Crippen LogP contribution >= 0.6 is 0 Å². The normalized spacial score (nSPS) is 11.0. The molecule has 4 heteroatoms. The topological polar surface area (TPSA) is 61.5 Å². The molecule has 1 aromatic carbocycles. The Morgan fingerprint density at radius 2 is 2.00 bits per heavy atom. The summed E-state index contributed by atoms with van der Waals surface area (Å²) < 4.78 is 9.99. The number of hydrogen-bond acceptors (Lipinski definition) is 4. The van der Waals surface area contributed by atoms with Crippen molar-refractivity contribution in [3.8, 4) is 5.75 Å². The lowest BCUT2D eigenvalue weighted by molar-refractivity contribution is -0.139. The maximum Gasteiger partial charge on any atom is 0.332 e. The second-order valence-electron chi connectivity index (χ2n) is 3.34. The molecule has 16 heavy (non-hydrogen) atoms. The largest absolute Gasteiger partial charge is 0.497 e. The number of allylic oxidation sites excluding steroid dienone is 1. The third-order valence-electron chi connectivity index (χ3n) is 1.89. The molecule has 0 aromatic heterocycles. The first-order valence-electron chi connectivity index (χ1n) is 4.85. The van der Waals surface area contributed by atoms with E-state index < -0.39 is 5.97 Å². The van der Waals surface area contributed by atoms with Crippen LogP contribution in [-0.4, -0.2) is 13.1 Å². The van der Waals surface area contributed by atoms with E-state index in [0.717, 1.165) is 11.3 Å². The fourth-order valence-electron chi connectivity index (χ4n) is 1.10. The van der Waals surface area contributed by atoms with Gasteiger partial charge in [-0.15, -0.1) is 0 Å². The molecule has 0 unspecified atom stereocenters. The summed E-state index contributed by atoms with van der Waals surface area (Å²) in [4.78, 5) is 11.1. The Kier molecular flexibility index (Phi) is 4.39. The van der Waals surface area contributed by atoms with Crippen molar-refractivity contribution in [1.82, 2.24) is 0 Å². The van der Waals surface area contributed by atoms with Crippen LogP contribution in [-0.2, 0) is 16.1 Å². The van der Waals surface area contributed by atoms with Gasteiger partial charge >= 0.3 is 5.97 Å². The van der Waals surface area contributed by atoms with Gasteiger partial charge in [-0.25, -0.2) is 4.79 Å². The molecule has 0 amide bonds. The summed E-state index contributed by atoms with van der Waals surface area (Å²) in [5.41, 5.74) is 6.67. The fourth-order valence-corrected chi connectivity index (χ4v) is 1.10. The predicted molar refractivity (Wildman–Crippen MR) is 60.7 cm³/mol. The molecule has 0 heterocycles. The van der Waals surface area contributed by atoms with E-state index >= 15 is 0 Å². The van der Waals surface area contributed by atoms with Crippen molar-refractivity contribution in [3.05, 3.63) is 41.6 Å². The summed E-state index contributed by atoms with van der Waals surface area (Å²) in [6.45, 7) is 1.86. The van der Waals surface area contributed by atoms with Crippen LogP contribution in [0.3, 0.4) is 0 Å². The average molecular weight is 221 g/mol. The summed E-state index contributed by atoms with van der Waals surface area (Å²) in [6, 6.07) is 7.30. The SMILES string of the molecule is COc1ccc(COC(=O)/C=C(/C)N)cc1. The van der Waals surface area contributed by atoms with Crippen LogP contribution in [0, 0.1) is 0 Å². The van der Waals surface area contributed by atoms with Gasteiger partial charge in [-0.3, -0.25) is 0 Å². The van der Waals surface area contributed by atoms with Crippen LogP contribution in [0.25, 0.3) is 0 Å². The van der Waals surface area contributed by atoms with E-state index in [1.807, 2.05) is 24.3 Å². The zero-order chi connectivity index (χ0) is 12.0. The third kappa shape index (κ3) is 4.04. The van der Waals surface area contributed by atoms with Crippen molar-refractivity contribution >= 4 is 5.97 Å². The van der Waals surface area contributed by atoms with Gasteiger partial charge in [0.1, 0.15) is 12.4 Å². The molecule has 0 fully saturated rings. The molecule has 0 aliphatic carbocycles. The Bertz CT molecular complexity index is 378. The first-order valence-corrected chi connectivity index (χ1v) is 4.85. The van der Waals surface area contributed by atoms with Crippen molar-refractivity contribution in [1.29, 1.82) is 0 Å². The maximum absolute atomic E-state index is 11.1. The number of nitrogens with two attached hydrogens (primary N) is 1. The minimum absolute atomic E-state index is 0.229. The summed E-state index contributed by atoms with van der Waals surface area (Å²) in [6.07, 6.45) is 1.25. The first kappa shape index (κ1) is 12.1. The Hall–Kier alpha value is -1.97. The molecule has 4 nitrogen and oxygen atoms in total. The molecule has 0 saturated carbocycles. The van der Waals surface area contributed by atoms with Crippen LogP contribution in [0.15, 0.2) is 36.0 Å². The zero-order valence-electron chi connectivity index (χ0n) is 9.40. The van der Waals surface area contributed by atoms with Gasteiger partial charge in [0, 0.05) is 11.8 Å². The number of ether oxygens (including phenoxy) is 2. The van der Waals surface area contributed by atoms with Crippen molar-refractivity contribution in [2.24, 2.45) is 5.73 Å². The van der Waals surface area contributed by atoms with E-state index in [1.165, 1.54) is 6.08 Å². The van der Waals surface area contributed by atoms with Gasteiger partial charge < -0.3 is 15.2 Å². The molecule has 2 N–H and O–H groups in total. The Morgan fingerprint density at radius 3 is 2.50 bits per heavy atom. The van der Waals surface area contributed by atoms with Crippen molar-refractivity contribution in [2.45, 2.75) is 13.5 Å². The maximum atomic E-state index is 11.1. The lowest BCUT2D eigenvalue weighted by atomic mass is 10.2. The molecule has 0 bridgehead atoms. The second kappa shape index (κ2) is 5.80. The molecule has 0 aliphatic heterocycles. The molecule has 1 aromatic rings. The monoisotopic (exact) mass is 221 g/mol. The van der Waals surface area contributed by atoms with Gasteiger partial charge in [-0.05, 0) is 24.6 Å². The average Bonchev–Trinajstić information content (AvgIpc) is 2.26. The van der Waals surface area contributed by atoms with Crippen LogP contribution in [0.4, 0.5) is 0 Å². The molecular formula is C12H15NO3. The van der Waals surface area contributed by atoms with E-state index in [-0.39, 0.29) is 6.61 Å². The highest BCUT2D eigenvalue weighted by molar-refractivity contribution is 5.82. The van der Waals surface area contributed by atoms with Crippen molar-refractivity contribution < 1.29 is 14.3 Å². The number of carbonyl (C=O) groups is 1. The Morgan fingerprint density at radius 1 is 1.38 bits per heavy atom. The number of benzene rings is 1.